The highest BCUT2D eigenvalue weighted by Crippen LogP contribution is 2.19. The van der Waals surface area contributed by atoms with Crippen LogP contribution in [0.25, 0.3) is 0 Å². The number of hydrogen-bond donors (Lipinski definition) is 1. The number of hydrogen-bond acceptors (Lipinski definition) is 6. The minimum absolute atomic E-state index is 0.206. The predicted molar refractivity (Wildman–Crippen MR) is 116 cm³/mol. The summed E-state index contributed by atoms with van der Waals surface area (Å²) in [7, 11) is 2.11. The van der Waals surface area contributed by atoms with Crippen LogP contribution in [0.5, 0.6) is 0 Å². The largest absolute Gasteiger partial charge is 0.459 e. The number of carbonyl (C=O) groups is 3. The average Bonchev–Trinajstić information content (AvgIpc) is 3.34. The van der Waals surface area contributed by atoms with Gasteiger partial charge in [-0.2, -0.15) is 0 Å². The Hall–Kier alpha value is -3.33. The van der Waals surface area contributed by atoms with Crippen LogP contribution in [0.2, 0.25) is 0 Å². The Morgan fingerprint density at radius 3 is 2.10 bits per heavy atom. The highest BCUT2D eigenvalue weighted by Gasteiger charge is 2.29. The van der Waals surface area contributed by atoms with Crippen molar-refractivity contribution in [2.45, 2.75) is 0 Å². The van der Waals surface area contributed by atoms with Gasteiger partial charge in [0.25, 0.3) is 5.91 Å². The predicted octanol–water partition coefficient (Wildman–Crippen LogP) is 0.955. The molecule has 164 valence electrons. The summed E-state index contributed by atoms with van der Waals surface area (Å²) in [6.07, 6.45) is 1.45. The lowest BCUT2D eigenvalue weighted by Gasteiger charge is -2.34. The molecule has 1 aromatic heterocycles. The van der Waals surface area contributed by atoms with Gasteiger partial charge in [-0.25, -0.2) is 0 Å². The van der Waals surface area contributed by atoms with Crippen LogP contribution >= 0.6 is 0 Å². The van der Waals surface area contributed by atoms with E-state index in [1.807, 2.05) is 24.3 Å². The summed E-state index contributed by atoms with van der Waals surface area (Å²) < 4.78 is 5.14. The number of benzene rings is 1. The molecule has 0 atom stereocenters. The van der Waals surface area contributed by atoms with Crippen LogP contribution in [0.3, 0.4) is 0 Å². The van der Waals surface area contributed by atoms with Gasteiger partial charge in [0, 0.05) is 63.7 Å². The number of likely N-dealkylation sites (N-methyl/N-ethyl adjacent to an activating group) is 1. The number of furan rings is 1. The number of carbonyl (C=O) groups excluding carboxylic acids is 3. The number of nitrogens with one attached hydrogen (secondary N) is 1. The Morgan fingerprint density at radius 1 is 0.839 bits per heavy atom. The second-order valence-electron chi connectivity index (χ2n) is 7.85. The normalized spacial score (nSPS) is 17.5. The van der Waals surface area contributed by atoms with Gasteiger partial charge in [0.15, 0.2) is 5.76 Å². The molecule has 2 aliphatic rings. The number of piperazine rings is 2. The molecular formula is C22H27N5O4. The van der Waals surface area contributed by atoms with Crippen molar-refractivity contribution in [3.63, 3.8) is 0 Å². The lowest BCUT2D eigenvalue weighted by Crippen LogP contribution is -2.52. The lowest BCUT2D eigenvalue weighted by atomic mass is 10.2. The van der Waals surface area contributed by atoms with Crippen molar-refractivity contribution >= 4 is 29.1 Å². The van der Waals surface area contributed by atoms with Crippen LogP contribution < -0.4 is 10.2 Å². The number of nitrogens with zero attached hydrogens (tertiary/aromatic N) is 4. The fourth-order valence-electron chi connectivity index (χ4n) is 3.82. The Labute approximate surface area is 181 Å². The van der Waals surface area contributed by atoms with Gasteiger partial charge in [0.1, 0.15) is 0 Å². The van der Waals surface area contributed by atoms with E-state index < -0.39 is 11.8 Å². The minimum Gasteiger partial charge on any atom is -0.459 e. The molecule has 0 saturated carbocycles. The number of anilines is 2. The van der Waals surface area contributed by atoms with Crippen LogP contribution in [0, 0.1) is 0 Å². The van der Waals surface area contributed by atoms with Crippen molar-refractivity contribution in [1.82, 2.24) is 14.7 Å². The first kappa shape index (κ1) is 20.9. The molecule has 3 heterocycles. The van der Waals surface area contributed by atoms with Crippen LogP contribution in [-0.2, 0) is 9.59 Å². The first-order chi connectivity index (χ1) is 15.0. The summed E-state index contributed by atoms with van der Waals surface area (Å²) in [4.78, 5) is 45.0. The molecule has 0 bridgehead atoms. The summed E-state index contributed by atoms with van der Waals surface area (Å²) in [5.41, 5.74) is 1.69. The maximum atomic E-state index is 12.5. The quantitative estimate of drug-likeness (QED) is 0.737. The van der Waals surface area contributed by atoms with Gasteiger partial charge in [0.2, 0.25) is 0 Å². The Morgan fingerprint density at radius 2 is 1.48 bits per heavy atom. The van der Waals surface area contributed by atoms with E-state index >= 15 is 0 Å². The van der Waals surface area contributed by atoms with E-state index in [0.29, 0.717) is 31.9 Å². The summed E-state index contributed by atoms with van der Waals surface area (Å²) in [6.45, 7) is 5.31. The summed E-state index contributed by atoms with van der Waals surface area (Å²) in [5, 5.41) is 2.68. The smallest absolute Gasteiger partial charge is 0.313 e. The highest BCUT2D eigenvalue weighted by atomic mass is 16.3. The van der Waals surface area contributed by atoms with E-state index in [0.717, 1.165) is 31.9 Å². The van der Waals surface area contributed by atoms with E-state index in [4.69, 9.17) is 4.42 Å². The zero-order valence-electron chi connectivity index (χ0n) is 17.6. The van der Waals surface area contributed by atoms with E-state index in [9.17, 15) is 14.4 Å². The maximum Gasteiger partial charge on any atom is 0.313 e. The molecule has 2 aromatic rings. The molecule has 4 rings (SSSR count). The van der Waals surface area contributed by atoms with E-state index in [1.165, 1.54) is 11.2 Å². The van der Waals surface area contributed by atoms with Crippen LogP contribution in [0.1, 0.15) is 10.6 Å². The van der Waals surface area contributed by atoms with Gasteiger partial charge >= 0.3 is 11.8 Å². The third-order valence-corrected chi connectivity index (χ3v) is 5.77. The Bertz CT molecular complexity index is 912. The number of rotatable bonds is 3. The molecule has 0 unspecified atom stereocenters. The van der Waals surface area contributed by atoms with Crippen molar-refractivity contribution in [2.75, 3.05) is 69.6 Å². The van der Waals surface area contributed by atoms with Crippen molar-refractivity contribution in [2.24, 2.45) is 0 Å². The molecule has 9 nitrogen and oxygen atoms in total. The van der Waals surface area contributed by atoms with Crippen LogP contribution in [-0.4, -0.2) is 91.8 Å². The zero-order valence-corrected chi connectivity index (χ0v) is 17.6. The Balaban J connectivity index is 1.27. The van der Waals surface area contributed by atoms with Gasteiger partial charge in [-0.3, -0.25) is 14.4 Å². The lowest BCUT2D eigenvalue weighted by molar-refractivity contribution is -0.144. The second-order valence-corrected chi connectivity index (χ2v) is 7.85. The molecule has 2 aliphatic heterocycles. The maximum absolute atomic E-state index is 12.5. The monoisotopic (exact) mass is 425 g/mol. The van der Waals surface area contributed by atoms with Gasteiger partial charge in [-0.1, -0.05) is 0 Å². The minimum atomic E-state index is -0.668. The second kappa shape index (κ2) is 9.22. The first-order valence-corrected chi connectivity index (χ1v) is 10.5. The van der Waals surface area contributed by atoms with Gasteiger partial charge in [-0.15, -0.1) is 0 Å². The molecule has 31 heavy (non-hydrogen) atoms. The third-order valence-electron chi connectivity index (χ3n) is 5.77. The first-order valence-electron chi connectivity index (χ1n) is 10.5. The highest BCUT2D eigenvalue weighted by molar-refractivity contribution is 6.39. The van der Waals surface area contributed by atoms with Crippen molar-refractivity contribution in [3.8, 4) is 0 Å². The molecule has 0 aliphatic carbocycles. The summed E-state index contributed by atoms with van der Waals surface area (Å²) in [5.74, 6) is -1.19. The fourth-order valence-corrected chi connectivity index (χ4v) is 3.82. The van der Waals surface area contributed by atoms with Gasteiger partial charge in [-0.05, 0) is 43.4 Å². The molecular weight excluding hydrogens is 398 g/mol. The molecule has 2 saturated heterocycles. The van der Waals surface area contributed by atoms with Crippen molar-refractivity contribution < 1.29 is 18.8 Å². The Kier molecular flexibility index (Phi) is 6.22. The third kappa shape index (κ3) is 4.88. The summed E-state index contributed by atoms with van der Waals surface area (Å²) in [6, 6.07) is 10.8. The average molecular weight is 425 g/mol. The molecule has 2 fully saturated rings. The van der Waals surface area contributed by atoms with Crippen LogP contribution in [0.4, 0.5) is 11.4 Å². The van der Waals surface area contributed by atoms with Gasteiger partial charge < -0.3 is 29.3 Å². The zero-order chi connectivity index (χ0) is 21.8. The van der Waals surface area contributed by atoms with E-state index in [1.54, 1.807) is 17.0 Å². The van der Waals surface area contributed by atoms with Crippen molar-refractivity contribution in [1.29, 1.82) is 0 Å². The van der Waals surface area contributed by atoms with E-state index in [-0.39, 0.29) is 11.7 Å². The molecule has 0 radical (unpaired) electrons. The molecule has 3 amide bonds. The molecule has 1 aromatic carbocycles. The standard InChI is InChI=1S/C22H27N5O4/c1-24-8-10-25(11-9-24)18-6-4-17(5-7-18)23-20(28)22(30)27-14-12-26(13-15-27)21(29)19-3-2-16-31-19/h2-7,16H,8-15H2,1H3,(H,23,28). The topological polar surface area (TPSA) is 89.3 Å². The molecule has 1 N–H and O–H groups in total. The summed E-state index contributed by atoms with van der Waals surface area (Å²) >= 11 is 0. The van der Waals surface area contributed by atoms with Crippen molar-refractivity contribution in [3.05, 3.63) is 48.4 Å². The molecule has 9 heteroatoms. The van der Waals surface area contributed by atoms with E-state index in [2.05, 4.69) is 22.2 Å². The SMILES string of the molecule is CN1CCN(c2ccc(NC(=O)C(=O)N3CCN(C(=O)c4ccco4)CC3)cc2)CC1. The van der Waals surface area contributed by atoms with Gasteiger partial charge in [0.05, 0.1) is 6.26 Å². The fraction of sp³-hybridized carbons (Fsp3) is 0.409. The van der Waals surface area contributed by atoms with Crippen LogP contribution in [0.15, 0.2) is 47.1 Å². The number of amides is 3. The molecule has 0 spiro atoms.